The first-order valence-electron chi connectivity index (χ1n) is 6.48. The van der Waals surface area contributed by atoms with Gasteiger partial charge in [0, 0.05) is 6.42 Å². The van der Waals surface area contributed by atoms with Gasteiger partial charge in [0.25, 0.3) is 11.8 Å². The minimum absolute atomic E-state index is 0.0169. The summed E-state index contributed by atoms with van der Waals surface area (Å²) in [5, 5.41) is 2.07. The fourth-order valence-electron chi connectivity index (χ4n) is 2.33. The molecule has 0 aliphatic carbocycles. The Balaban J connectivity index is 2.39. The second-order valence-corrected chi connectivity index (χ2v) is 4.71. The normalized spacial score (nSPS) is 23.0. The van der Waals surface area contributed by atoms with Crippen molar-refractivity contribution >= 4 is 23.6 Å². The predicted octanol–water partition coefficient (Wildman–Crippen LogP) is 0.682. The fourth-order valence-corrected chi connectivity index (χ4v) is 2.33. The molecule has 0 aromatic rings. The summed E-state index contributed by atoms with van der Waals surface area (Å²) < 4.78 is 13.4. The second-order valence-electron chi connectivity index (χ2n) is 4.71. The van der Waals surface area contributed by atoms with E-state index in [1.165, 1.54) is 0 Å². The summed E-state index contributed by atoms with van der Waals surface area (Å²) in [5.41, 5.74) is -0.284. The lowest BCUT2D eigenvalue weighted by Gasteiger charge is -2.28. The number of rotatable bonds is 4. The molecule has 1 saturated heterocycles. The monoisotopic (exact) mass is 304 g/mol. The van der Waals surface area contributed by atoms with Crippen LogP contribution in [0.25, 0.3) is 0 Å². The van der Waals surface area contributed by atoms with E-state index in [1.54, 1.807) is 0 Å². The molecule has 0 bridgehead atoms. The molecule has 114 valence electrons. The van der Waals surface area contributed by atoms with Gasteiger partial charge in [0.2, 0.25) is 11.8 Å². The number of allylic oxidation sites excluding steroid dienone is 2. The minimum Gasteiger partial charge on any atom is -0.295 e. The first-order chi connectivity index (χ1) is 10.4. The molecule has 4 amide bonds. The predicted molar refractivity (Wildman–Crippen MR) is 74.6 cm³/mol. The van der Waals surface area contributed by atoms with E-state index in [0.29, 0.717) is 0 Å². The standard InChI is InChI=1S/C15H13FN2O4/c1-3-8(16)7-10-9(4-2)14(21)18(15(10)22)11-5-6-12(19)17-13(11)20/h3-4,7,11H,1-2,5-6H2,(H,17,19,20)/b8-7+. The molecule has 2 heterocycles. The number of piperidine rings is 1. The van der Waals surface area contributed by atoms with Crippen LogP contribution < -0.4 is 5.32 Å². The van der Waals surface area contributed by atoms with Crippen LogP contribution in [0, 0.1) is 0 Å². The van der Waals surface area contributed by atoms with Crippen molar-refractivity contribution < 1.29 is 23.6 Å². The Morgan fingerprint density at radius 2 is 1.82 bits per heavy atom. The van der Waals surface area contributed by atoms with Crippen molar-refractivity contribution in [3.8, 4) is 0 Å². The molecule has 1 N–H and O–H groups in total. The van der Waals surface area contributed by atoms with Crippen LogP contribution in [-0.2, 0) is 19.2 Å². The number of hydrogen-bond acceptors (Lipinski definition) is 4. The Morgan fingerprint density at radius 3 is 2.36 bits per heavy atom. The summed E-state index contributed by atoms with van der Waals surface area (Å²) in [6, 6.07) is -1.09. The third-order valence-corrected chi connectivity index (χ3v) is 3.39. The lowest BCUT2D eigenvalue weighted by molar-refractivity contribution is -0.149. The first kappa shape index (κ1) is 15.6. The maximum absolute atomic E-state index is 13.4. The molecule has 0 aromatic carbocycles. The minimum atomic E-state index is -1.09. The Bertz CT molecular complexity index is 675. The summed E-state index contributed by atoms with van der Waals surface area (Å²) in [7, 11) is 0. The van der Waals surface area contributed by atoms with Crippen molar-refractivity contribution in [2.45, 2.75) is 18.9 Å². The summed E-state index contributed by atoms with van der Waals surface area (Å²) >= 11 is 0. The molecule has 1 atom stereocenters. The first-order valence-corrected chi connectivity index (χ1v) is 6.48. The number of carbonyl (C=O) groups excluding carboxylic acids is 4. The highest BCUT2D eigenvalue weighted by molar-refractivity contribution is 6.24. The van der Waals surface area contributed by atoms with Gasteiger partial charge in [0.15, 0.2) is 0 Å². The van der Waals surface area contributed by atoms with Gasteiger partial charge in [-0.1, -0.05) is 19.2 Å². The van der Waals surface area contributed by atoms with E-state index < -0.39 is 35.5 Å². The average Bonchev–Trinajstić information content (AvgIpc) is 2.70. The molecule has 2 aliphatic heterocycles. The number of carbonyl (C=O) groups is 4. The quantitative estimate of drug-likeness (QED) is 0.611. The zero-order valence-electron chi connectivity index (χ0n) is 11.6. The van der Waals surface area contributed by atoms with Gasteiger partial charge in [-0.2, -0.15) is 0 Å². The van der Waals surface area contributed by atoms with Gasteiger partial charge in [-0.25, -0.2) is 4.39 Å². The number of halogens is 1. The Kier molecular flexibility index (Phi) is 4.16. The van der Waals surface area contributed by atoms with E-state index in [9.17, 15) is 23.6 Å². The molecule has 2 rings (SSSR count). The van der Waals surface area contributed by atoms with Crippen LogP contribution >= 0.6 is 0 Å². The third kappa shape index (κ3) is 2.52. The van der Waals surface area contributed by atoms with E-state index >= 15 is 0 Å². The molecule has 2 aliphatic rings. The lowest BCUT2D eigenvalue weighted by Crippen LogP contribution is -2.54. The molecule has 7 heteroatoms. The van der Waals surface area contributed by atoms with Crippen molar-refractivity contribution in [3.63, 3.8) is 0 Å². The van der Waals surface area contributed by atoms with Gasteiger partial charge in [0.1, 0.15) is 11.9 Å². The van der Waals surface area contributed by atoms with E-state index in [2.05, 4.69) is 18.5 Å². The zero-order chi connectivity index (χ0) is 16.4. The van der Waals surface area contributed by atoms with Crippen molar-refractivity contribution in [3.05, 3.63) is 48.4 Å². The van der Waals surface area contributed by atoms with Gasteiger partial charge < -0.3 is 0 Å². The van der Waals surface area contributed by atoms with E-state index in [-0.39, 0.29) is 24.0 Å². The van der Waals surface area contributed by atoms with Gasteiger partial charge in [0.05, 0.1) is 11.1 Å². The number of nitrogens with zero attached hydrogens (tertiary/aromatic N) is 1. The fraction of sp³-hybridized carbons (Fsp3) is 0.200. The smallest absolute Gasteiger partial charge is 0.262 e. The van der Waals surface area contributed by atoms with E-state index in [0.717, 1.165) is 23.1 Å². The van der Waals surface area contributed by atoms with Gasteiger partial charge in [-0.05, 0) is 18.6 Å². The Morgan fingerprint density at radius 1 is 1.18 bits per heavy atom. The third-order valence-electron chi connectivity index (χ3n) is 3.39. The summed E-state index contributed by atoms with van der Waals surface area (Å²) in [6.07, 6.45) is 2.95. The second kappa shape index (κ2) is 5.88. The highest BCUT2D eigenvalue weighted by Gasteiger charge is 2.44. The molecule has 1 unspecified atom stereocenters. The van der Waals surface area contributed by atoms with Crippen molar-refractivity contribution in [1.82, 2.24) is 10.2 Å². The number of imide groups is 2. The molecule has 6 nitrogen and oxygen atoms in total. The van der Waals surface area contributed by atoms with Gasteiger partial charge >= 0.3 is 0 Å². The summed E-state index contributed by atoms with van der Waals surface area (Å²) in [6.45, 7) is 6.66. The Hall–Kier alpha value is -2.83. The molecule has 0 spiro atoms. The lowest BCUT2D eigenvalue weighted by atomic mass is 10.0. The van der Waals surface area contributed by atoms with Crippen LogP contribution in [0.1, 0.15) is 12.8 Å². The van der Waals surface area contributed by atoms with Crippen molar-refractivity contribution in [1.29, 1.82) is 0 Å². The molecular weight excluding hydrogens is 291 g/mol. The highest BCUT2D eigenvalue weighted by atomic mass is 19.1. The number of amides is 4. The van der Waals surface area contributed by atoms with Crippen LogP contribution in [-0.4, -0.2) is 34.6 Å². The summed E-state index contributed by atoms with van der Waals surface area (Å²) in [4.78, 5) is 48.4. The van der Waals surface area contributed by atoms with Crippen molar-refractivity contribution in [2.24, 2.45) is 0 Å². The molecule has 22 heavy (non-hydrogen) atoms. The average molecular weight is 304 g/mol. The van der Waals surface area contributed by atoms with Gasteiger partial charge in [-0.3, -0.25) is 29.4 Å². The maximum Gasteiger partial charge on any atom is 0.262 e. The van der Waals surface area contributed by atoms with E-state index in [1.807, 2.05) is 0 Å². The Labute approximate surface area is 125 Å². The van der Waals surface area contributed by atoms with Crippen LogP contribution in [0.3, 0.4) is 0 Å². The van der Waals surface area contributed by atoms with Gasteiger partial charge in [-0.15, -0.1) is 0 Å². The highest BCUT2D eigenvalue weighted by Crippen LogP contribution is 2.28. The van der Waals surface area contributed by atoms with Crippen LogP contribution in [0.5, 0.6) is 0 Å². The molecule has 0 aromatic heterocycles. The molecular formula is C15H13FN2O4. The van der Waals surface area contributed by atoms with Crippen LogP contribution in [0.15, 0.2) is 48.4 Å². The van der Waals surface area contributed by atoms with Crippen LogP contribution in [0.2, 0.25) is 0 Å². The SMILES string of the molecule is C=CC1=C(/C=C(/F)C=C)C(=O)N(C2CCC(=O)NC2=O)C1=O. The molecule has 1 fully saturated rings. The molecule has 0 radical (unpaired) electrons. The largest absolute Gasteiger partial charge is 0.295 e. The molecule has 0 saturated carbocycles. The maximum atomic E-state index is 13.4. The zero-order valence-corrected chi connectivity index (χ0v) is 11.6. The van der Waals surface area contributed by atoms with Crippen LogP contribution in [0.4, 0.5) is 4.39 Å². The van der Waals surface area contributed by atoms with E-state index in [4.69, 9.17) is 0 Å². The summed E-state index contributed by atoms with van der Waals surface area (Å²) in [5.74, 6) is -3.52. The number of nitrogens with one attached hydrogen (secondary N) is 1. The number of hydrogen-bond donors (Lipinski definition) is 1. The van der Waals surface area contributed by atoms with Crippen molar-refractivity contribution in [2.75, 3.05) is 0 Å². The topological polar surface area (TPSA) is 83.6 Å².